The van der Waals surface area contributed by atoms with E-state index in [0.717, 1.165) is 13.1 Å². The zero-order valence-corrected chi connectivity index (χ0v) is 11.7. The molecule has 15 heavy (non-hydrogen) atoms. The van der Waals surface area contributed by atoms with E-state index < -0.39 is 0 Å². The minimum Gasteiger partial charge on any atom is -0.317 e. The van der Waals surface area contributed by atoms with Crippen LogP contribution in [0.15, 0.2) is 0 Å². The molecule has 0 aliphatic heterocycles. The van der Waals surface area contributed by atoms with Crippen molar-refractivity contribution in [3.05, 3.63) is 0 Å². The first-order chi connectivity index (χ1) is 7.06. The van der Waals surface area contributed by atoms with Gasteiger partial charge in [-0.15, -0.1) is 0 Å². The van der Waals surface area contributed by atoms with Crippen molar-refractivity contribution in [2.45, 2.75) is 67.2 Å². The quantitative estimate of drug-likeness (QED) is 0.710. The summed E-state index contributed by atoms with van der Waals surface area (Å²) >= 11 is 0. The molecule has 0 aromatic rings. The predicted molar refractivity (Wildman–Crippen MR) is 70.4 cm³/mol. The molecule has 0 aliphatic rings. The normalized spacial score (nSPS) is 8.13. The number of ketones is 1. The second-order valence-corrected chi connectivity index (χ2v) is 3.57. The van der Waals surface area contributed by atoms with E-state index in [9.17, 15) is 4.79 Å². The van der Waals surface area contributed by atoms with E-state index in [1.807, 2.05) is 0 Å². The van der Waals surface area contributed by atoms with Gasteiger partial charge < -0.3 is 10.1 Å². The van der Waals surface area contributed by atoms with Gasteiger partial charge in [-0.25, -0.2) is 0 Å². The van der Waals surface area contributed by atoms with Gasteiger partial charge in [-0.05, 0) is 26.9 Å². The third-order valence-corrected chi connectivity index (χ3v) is 1.46. The summed E-state index contributed by atoms with van der Waals surface area (Å²) in [5.74, 6) is 0.167. The zero-order chi connectivity index (χ0) is 12.5. The topological polar surface area (TPSA) is 29.1 Å². The molecule has 0 unspecified atom stereocenters. The zero-order valence-electron chi connectivity index (χ0n) is 11.7. The first-order valence-electron chi connectivity index (χ1n) is 6.24. The Morgan fingerprint density at radius 2 is 1.13 bits per heavy atom. The summed E-state index contributed by atoms with van der Waals surface area (Å²) in [5, 5.41) is 3.11. The van der Waals surface area contributed by atoms with Crippen molar-refractivity contribution in [2.75, 3.05) is 13.1 Å². The van der Waals surface area contributed by atoms with E-state index in [0.29, 0.717) is 0 Å². The number of carbonyl (C=O) groups excluding carboxylic acids is 1. The third-order valence-electron chi connectivity index (χ3n) is 1.46. The van der Waals surface area contributed by atoms with Crippen molar-refractivity contribution < 1.29 is 4.79 Å². The van der Waals surface area contributed by atoms with Gasteiger partial charge in [-0.3, -0.25) is 0 Å². The molecule has 2 heteroatoms. The van der Waals surface area contributed by atoms with Crippen molar-refractivity contribution in [2.24, 2.45) is 0 Å². The second kappa shape index (κ2) is 23.4. The lowest BCUT2D eigenvalue weighted by Gasteiger charge is -1.86. The van der Waals surface area contributed by atoms with Crippen LogP contribution in [0.25, 0.3) is 0 Å². The molecule has 0 rings (SSSR count). The molecule has 0 spiro atoms. The van der Waals surface area contributed by atoms with Crippen LogP contribution < -0.4 is 5.32 Å². The Morgan fingerprint density at radius 3 is 1.20 bits per heavy atom. The molecule has 0 amide bonds. The molecule has 0 heterocycles. The van der Waals surface area contributed by atoms with E-state index in [-0.39, 0.29) is 5.78 Å². The molecule has 0 saturated heterocycles. The van der Waals surface area contributed by atoms with Crippen LogP contribution in [0.4, 0.5) is 0 Å². The molecule has 0 saturated carbocycles. The molecule has 1 N–H and O–H groups in total. The highest BCUT2D eigenvalue weighted by atomic mass is 16.1. The van der Waals surface area contributed by atoms with Gasteiger partial charge in [0.1, 0.15) is 5.78 Å². The smallest absolute Gasteiger partial charge is 0.126 e. The molecule has 0 fully saturated rings. The average Bonchev–Trinajstić information content (AvgIpc) is 2.16. The molecule has 0 aliphatic carbocycles. The molecule has 0 radical (unpaired) electrons. The number of hydrogen-bond acceptors (Lipinski definition) is 2. The number of nitrogens with one attached hydrogen (secondary N) is 1. The fraction of sp³-hybridized carbons (Fsp3) is 0.923. The van der Waals surface area contributed by atoms with Gasteiger partial charge in [0.05, 0.1) is 0 Å². The summed E-state index contributed by atoms with van der Waals surface area (Å²) < 4.78 is 0. The largest absolute Gasteiger partial charge is 0.317 e. The van der Waals surface area contributed by atoms with Gasteiger partial charge in [0, 0.05) is 0 Å². The maximum atomic E-state index is 9.44. The highest BCUT2D eigenvalue weighted by Gasteiger charge is 1.75. The molecular formula is C13H31NO. The summed E-state index contributed by atoms with van der Waals surface area (Å²) in [4.78, 5) is 9.44. The van der Waals surface area contributed by atoms with Gasteiger partial charge in [-0.1, -0.05) is 53.4 Å². The minimum absolute atomic E-state index is 0.167. The Hall–Kier alpha value is -0.370. The van der Waals surface area contributed by atoms with E-state index in [1.165, 1.54) is 39.5 Å². The molecular weight excluding hydrogens is 186 g/mol. The van der Waals surface area contributed by atoms with E-state index in [1.54, 1.807) is 0 Å². The summed E-state index contributed by atoms with van der Waals surface area (Å²) in [5.41, 5.74) is 0. The Labute approximate surface area is 96.8 Å². The van der Waals surface area contributed by atoms with Gasteiger partial charge in [0.15, 0.2) is 0 Å². The first-order valence-corrected chi connectivity index (χ1v) is 6.24. The maximum absolute atomic E-state index is 9.44. The fourth-order valence-corrected chi connectivity index (χ4v) is 0.750. The minimum atomic E-state index is 0.167. The second-order valence-electron chi connectivity index (χ2n) is 3.57. The van der Waals surface area contributed by atoms with Crippen molar-refractivity contribution >= 4 is 5.78 Å². The predicted octanol–water partition coefficient (Wildman–Crippen LogP) is 3.80. The Bertz CT molecular complexity index is 92.7. The summed E-state index contributed by atoms with van der Waals surface area (Å²) in [6, 6.07) is 0. The average molecular weight is 217 g/mol. The van der Waals surface area contributed by atoms with E-state index in [2.05, 4.69) is 33.0 Å². The van der Waals surface area contributed by atoms with Gasteiger partial charge >= 0.3 is 0 Å². The van der Waals surface area contributed by atoms with Gasteiger partial charge in [-0.2, -0.15) is 0 Å². The van der Waals surface area contributed by atoms with Crippen LogP contribution >= 0.6 is 0 Å². The van der Waals surface area contributed by atoms with Crippen molar-refractivity contribution in [1.82, 2.24) is 5.32 Å². The van der Waals surface area contributed by atoms with Crippen molar-refractivity contribution in [1.29, 1.82) is 0 Å². The van der Waals surface area contributed by atoms with Crippen LogP contribution in [-0.2, 0) is 4.79 Å². The van der Waals surface area contributed by atoms with Crippen LogP contribution in [0.5, 0.6) is 0 Å². The van der Waals surface area contributed by atoms with E-state index in [4.69, 9.17) is 0 Å². The number of unbranched alkanes of at least 4 members (excludes halogenated alkanes) is 3. The summed E-state index contributed by atoms with van der Waals surface area (Å²) in [7, 11) is 0. The molecule has 0 aromatic carbocycles. The van der Waals surface area contributed by atoms with Crippen molar-refractivity contribution in [3.8, 4) is 0 Å². The standard InChI is InChI=1S/C6H14.C4H11N.C3H6O/c1-3-5-6-4-2;1-3-5-4-2;1-3(2)4/h3-6H2,1-2H3;5H,3-4H2,1-2H3;1-2H3. The van der Waals surface area contributed by atoms with Gasteiger partial charge in [0.25, 0.3) is 0 Å². The van der Waals surface area contributed by atoms with Crippen LogP contribution in [0.2, 0.25) is 0 Å². The highest BCUT2D eigenvalue weighted by molar-refractivity contribution is 5.72. The lowest BCUT2D eigenvalue weighted by Crippen LogP contribution is -2.09. The van der Waals surface area contributed by atoms with Crippen LogP contribution in [0.1, 0.15) is 67.2 Å². The fourth-order valence-electron chi connectivity index (χ4n) is 0.750. The lowest BCUT2D eigenvalue weighted by atomic mass is 10.2. The monoisotopic (exact) mass is 217 g/mol. The van der Waals surface area contributed by atoms with Crippen molar-refractivity contribution in [3.63, 3.8) is 0 Å². The lowest BCUT2D eigenvalue weighted by molar-refractivity contribution is -0.114. The number of rotatable bonds is 5. The molecule has 0 atom stereocenters. The molecule has 0 bridgehead atoms. The Morgan fingerprint density at radius 1 is 0.867 bits per heavy atom. The highest BCUT2D eigenvalue weighted by Crippen LogP contribution is 1.95. The molecule has 2 nitrogen and oxygen atoms in total. The number of hydrogen-bond donors (Lipinski definition) is 1. The Kier molecular flexibility index (Phi) is 31.4. The maximum Gasteiger partial charge on any atom is 0.126 e. The summed E-state index contributed by atoms with van der Waals surface area (Å²) in [6.07, 6.45) is 5.54. The van der Waals surface area contributed by atoms with E-state index >= 15 is 0 Å². The SMILES string of the molecule is CC(C)=O.CCCCCC.CCNCC. The van der Waals surface area contributed by atoms with Crippen LogP contribution in [-0.4, -0.2) is 18.9 Å². The molecule has 94 valence electrons. The molecule has 0 aromatic heterocycles. The van der Waals surface area contributed by atoms with Crippen LogP contribution in [0.3, 0.4) is 0 Å². The third kappa shape index (κ3) is 86.0. The number of carbonyl (C=O) groups is 1. The first kappa shape index (κ1) is 20.1. The van der Waals surface area contributed by atoms with Gasteiger partial charge in [0.2, 0.25) is 0 Å². The summed E-state index contributed by atoms with van der Waals surface area (Å²) in [6.45, 7) is 13.9. The number of Topliss-reactive ketones (excluding diaryl/α,β-unsaturated/α-hetero) is 1. The Balaban J connectivity index is -0.000000147. The van der Waals surface area contributed by atoms with Crippen LogP contribution in [0, 0.1) is 0 Å².